The zero-order chi connectivity index (χ0) is 35.3. The third-order valence-electron chi connectivity index (χ3n) is 9.67. The Hall–Kier alpha value is -5.04. The fourth-order valence-corrected chi connectivity index (χ4v) is 7.15. The Balaban J connectivity index is 1.07. The summed E-state index contributed by atoms with van der Waals surface area (Å²) in [5, 5.41) is 19.3. The average molecular weight is 692 g/mol. The predicted molar refractivity (Wildman–Crippen MR) is 181 cm³/mol. The van der Waals surface area contributed by atoms with Crippen LogP contribution in [0.4, 0.5) is 18.0 Å². The van der Waals surface area contributed by atoms with Gasteiger partial charge in [-0.25, -0.2) is 4.79 Å². The van der Waals surface area contributed by atoms with Crippen LogP contribution in [0.5, 0.6) is 5.75 Å². The van der Waals surface area contributed by atoms with Crippen molar-refractivity contribution in [3.63, 3.8) is 0 Å². The monoisotopic (exact) mass is 691 g/mol. The lowest BCUT2D eigenvalue weighted by molar-refractivity contribution is -0.140. The Morgan fingerprint density at radius 1 is 1.00 bits per heavy atom. The molecule has 4 aromatic rings. The van der Waals surface area contributed by atoms with Crippen LogP contribution in [0.1, 0.15) is 47.4 Å². The molecule has 6 rings (SSSR count). The van der Waals surface area contributed by atoms with Gasteiger partial charge in [0.05, 0.1) is 5.56 Å². The number of halogens is 3. The standard InChI is InChI=1S/C37H40F3N5O5/c38-37(39,40)29-7-2-4-10-33(29)50-22-23-11-13-24(14-12-23)27-15-16-41-19-26(27)21-43-34(46)32-9-5-17-45(32)35(47)31(44-36(48)49)18-25-20-42-30-8-3-1-6-28(25)30/h1-4,6-8,10-14,20,26-27,31-32,41-42,44H,5,9,15-19,21-22H2,(H,43,46)(H,48,49). The van der Waals surface area contributed by atoms with Gasteiger partial charge >= 0.3 is 12.3 Å². The molecule has 0 radical (unpaired) electrons. The van der Waals surface area contributed by atoms with Gasteiger partial charge in [-0.2, -0.15) is 13.2 Å². The van der Waals surface area contributed by atoms with Crippen LogP contribution in [0.2, 0.25) is 0 Å². The fraction of sp³-hybridized carbons (Fsp3) is 0.378. The first-order chi connectivity index (χ1) is 24.1. The highest BCUT2D eigenvalue weighted by Gasteiger charge is 2.39. The van der Waals surface area contributed by atoms with E-state index in [9.17, 15) is 32.7 Å². The number of aromatic amines is 1. The highest BCUT2D eigenvalue weighted by atomic mass is 19.4. The van der Waals surface area contributed by atoms with Crippen LogP contribution in [-0.2, 0) is 28.8 Å². The van der Waals surface area contributed by atoms with E-state index in [1.165, 1.54) is 23.1 Å². The molecule has 1 aromatic heterocycles. The van der Waals surface area contributed by atoms with Crippen LogP contribution in [0.3, 0.4) is 0 Å². The number of carbonyl (C=O) groups excluding carboxylic acids is 2. The van der Waals surface area contributed by atoms with Crippen molar-refractivity contribution in [2.75, 3.05) is 26.2 Å². The van der Waals surface area contributed by atoms with Crippen LogP contribution < -0.4 is 20.7 Å². The van der Waals surface area contributed by atoms with Gasteiger partial charge in [0.15, 0.2) is 0 Å². The second-order valence-electron chi connectivity index (χ2n) is 12.9. The van der Waals surface area contributed by atoms with E-state index in [-0.39, 0.29) is 36.5 Å². The van der Waals surface area contributed by atoms with Crippen LogP contribution in [0, 0.1) is 5.92 Å². The van der Waals surface area contributed by atoms with Crippen molar-refractivity contribution in [1.82, 2.24) is 25.8 Å². The number of nitrogens with zero attached hydrogens (tertiary/aromatic N) is 1. The number of piperidine rings is 1. The molecule has 50 heavy (non-hydrogen) atoms. The topological polar surface area (TPSA) is 136 Å². The average Bonchev–Trinajstić information content (AvgIpc) is 3.77. The van der Waals surface area contributed by atoms with Gasteiger partial charge in [0.2, 0.25) is 11.8 Å². The van der Waals surface area contributed by atoms with E-state index in [2.05, 4.69) is 20.9 Å². The maximum Gasteiger partial charge on any atom is 0.419 e. The first kappa shape index (κ1) is 34.8. The van der Waals surface area contributed by atoms with Gasteiger partial charge < -0.3 is 35.7 Å². The van der Waals surface area contributed by atoms with Crippen molar-refractivity contribution in [1.29, 1.82) is 0 Å². The number of hydrogen-bond donors (Lipinski definition) is 5. The van der Waals surface area contributed by atoms with Gasteiger partial charge in [-0.1, -0.05) is 54.6 Å². The molecule has 264 valence electrons. The van der Waals surface area contributed by atoms with Gasteiger partial charge in [-0.15, -0.1) is 0 Å². The van der Waals surface area contributed by atoms with Gasteiger partial charge in [0.25, 0.3) is 0 Å². The molecule has 10 nitrogen and oxygen atoms in total. The molecule has 0 aliphatic carbocycles. The molecule has 3 aromatic carbocycles. The van der Waals surface area contributed by atoms with Gasteiger partial charge in [-0.3, -0.25) is 9.59 Å². The van der Waals surface area contributed by atoms with E-state index in [1.54, 1.807) is 6.20 Å². The number of H-pyrrole nitrogens is 1. The van der Waals surface area contributed by atoms with Crippen LogP contribution in [-0.4, -0.2) is 71.2 Å². The quantitative estimate of drug-likeness (QED) is 0.142. The van der Waals surface area contributed by atoms with E-state index in [0.717, 1.165) is 46.6 Å². The number of para-hydroxylation sites is 2. The predicted octanol–water partition coefficient (Wildman–Crippen LogP) is 5.44. The Labute approximate surface area is 287 Å². The number of alkyl halides is 3. The highest BCUT2D eigenvalue weighted by Crippen LogP contribution is 2.36. The summed E-state index contributed by atoms with van der Waals surface area (Å²) in [5.41, 5.74) is 2.66. The first-order valence-electron chi connectivity index (χ1n) is 16.8. The maximum absolute atomic E-state index is 13.8. The highest BCUT2D eigenvalue weighted by molar-refractivity contribution is 5.92. The minimum Gasteiger partial charge on any atom is -0.488 e. The van der Waals surface area contributed by atoms with Crippen molar-refractivity contribution >= 4 is 28.8 Å². The summed E-state index contributed by atoms with van der Waals surface area (Å²) in [6, 6.07) is 18.6. The number of hydrogen-bond acceptors (Lipinski definition) is 5. The van der Waals surface area contributed by atoms with Crippen molar-refractivity contribution in [2.24, 2.45) is 5.92 Å². The summed E-state index contributed by atoms with van der Waals surface area (Å²) in [6.07, 6.45) is -1.97. The lowest BCUT2D eigenvalue weighted by atomic mass is 9.81. The number of nitrogens with one attached hydrogen (secondary N) is 4. The lowest BCUT2D eigenvalue weighted by Gasteiger charge is -2.34. The number of fused-ring (bicyclic) bond motifs is 1. The minimum absolute atomic E-state index is 0.0136. The fourth-order valence-electron chi connectivity index (χ4n) is 7.15. The van der Waals surface area contributed by atoms with Crippen LogP contribution in [0.25, 0.3) is 10.9 Å². The third-order valence-corrected chi connectivity index (χ3v) is 9.67. The number of carboxylic acid groups (broad SMARTS) is 1. The van der Waals surface area contributed by atoms with Crippen LogP contribution in [0.15, 0.2) is 79.0 Å². The number of ether oxygens (including phenoxy) is 1. The zero-order valence-electron chi connectivity index (χ0n) is 27.3. The molecule has 3 amide bonds. The lowest BCUT2D eigenvalue weighted by Crippen LogP contribution is -2.54. The molecule has 2 aliphatic rings. The molecule has 2 saturated heterocycles. The number of aromatic nitrogens is 1. The number of rotatable bonds is 11. The molecule has 0 saturated carbocycles. The SMILES string of the molecule is O=C(O)NC(Cc1c[nH]c2ccccc12)C(=O)N1CCCC1C(=O)NCC1CNCCC1c1ccc(COc2ccccc2C(F)(F)F)cc1. The third kappa shape index (κ3) is 8.05. The molecule has 4 atom stereocenters. The Morgan fingerprint density at radius 3 is 2.54 bits per heavy atom. The summed E-state index contributed by atoms with van der Waals surface area (Å²) in [4.78, 5) is 43.7. The molecule has 13 heteroatoms. The van der Waals surface area contributed by atoms with E-state index in [1.807, 2.05) is 48.5 Å². The summed E-state index contributed by atoms with van der Waals surface area (Å²) >= 11 is 0. The normalized spacial score (nSPS) is 20.0. The van der Waals surface area contributed by atoms with Gasteiger partial charge in [0, 0.05) is 43.2 Å². The number of amides is 3. The molecule has 2 aliphatic heterocycles. The Morgan fingerprint density at radius 2 is 1.76 bits per heavy atom. The molecule has 4 unspecified atom stereocenters. The summed E-state index contributed by atoms with van der Waals surface area (Å²) in [5.74, 6) is -0.739. The molecule has 5 N–H and O–H groups in total. The van der Waals surface area contributed by atoms with E-state index >= 15 is 0 Å². The summed E-state index contributed by atoms with van der Waals surface area (Å²) < 4.78 is 45.6. The minimum atomic E-state index is -4.51. The summed E-state index contributed by atoms with van der Waals surface area (Å²) in [6.45, 7) is 2.19. The first-order valence-corrected chi connectivity index (χ1v) is 16.8. The van der Waals surface area contributed by atoms with Gasteiger partial charge in [-0.05, 0) is 72.5 Å². The van der Waals surface area contributed by atoms with Crippen molar-refractivity contribution in [2.45, 2.75) is 56.5 Å². The van der Waals surface area contributed by atoms with Crippen molar-refractivity contribution in [3.8, 4) is 5.75 Å². The molecule has 3 heterocycles. The zero-order valence-corrected chi connectivity index (χ0v) is 27.3. The number of likely N-dealkylation sites (tertiary alicyclic amines) is 1. The molecular formula is C37H40F3N5O5. The Bertz CT molecular complexity index is 1810. The smallest absolute Gasteiger partial charge is 0.419 e. The second-order valence-corrected chi connectivity index (χ2v) is 12.9. The summed E-state index contributed by atoms with van der Waals surface area (Å²) in [7, 11) is 0. The number of benzene rings is 3. The molecule has 0 spiro atoms. The van der Waals surface area contributed by atoms with Crippen molar-refractivity contribution in [3.05, 3.63) is 101 Å². The largest absolute Gasteiger partial charge is 0.488 e. The molecule has 2 fully saturated rings. The Kier molecular flexibility index (Phi) is 10.6. The van der Waals surface area contributed by atoms with Gasteiger partial charge in [0.1, 0.15) is 24.4 Å². The number of carbonyl (C=O) groups is 3. The maximum atomic E-state index is 13.8. The molecular weight excluding hydrogens is 651 g/mol. The second kappa shape index (κ2) is 15.2. The van der Waals surface area contributed by atoms with Crippen LogP contribution >= 0.6 is 0 Å². The van der Waals surface area contributed by atoms with Crippen molar-refractivity contribution < 1.29 is 37.4 Å². The van der Waals surface area contributed by atoms with E-state index in [4.69, 9.17) is 4.74 Å². The van der Waals surface area contributed by atoms with E-state index < -0.39 is 35.8 Å². The molecule has 0 bridgehead atoms. The van der Waals surface area contributed by atoms with E-state index in [0.29, 0.717) is 32.5 Å².